The maximum absolute atomic E-state index is 10.3. The molecule has 0 spiro atoms. The van der Waals surface area contributed by atoms with Crippen LogP contribution in [0, 0.1) is 0 Å². The van der Waals surface area contributed by atoms with Gasteiger partial charge in [-0.2, -0.15) is 0 Å². The molecule has 0 saturated heterocycles. The van der Waals surface area contributed by atoms with Gasteiger partial charge < -0.3 is 25.5 Å². The van der Waals surface area contributed by atoms with Gasteiger partial charge in [0.1, 0.15) is 0 Å². The number of rotatable bonds is 2. The zero-order chi connectivity index (χ0) is 15.1. The number of carboxylic acids is 1. The van der Waals surface area contributed by atoms with E-state index in [-0.39, 0.29) is 12.2 Å². The number of phenolic OH excluding ortho intramolecular Hbond substituents is 3. The lowest BCUT2D eigenvalue weighted by Gasteiger charge is -2.01. The van der Waals surface area contributed by atoms with Gasteiger partial charge in [0, 0.05) is 0 Å². The molecule has 0 aliphatic carbocycles. The van der Waals surface area contributed by atoms with Gasteiger partial charge >= 0.3 is 5.97 Å². The van der Waals surface area contributed by atoms with Crippen LogP contribution in [0.3, 0.4) is 0 Å². The molecule has 2 aromatic rings. The Morgan fingerprint density at radius 3 is 1.80 bits per heavy atom. The van der Waals surface area contributed by atoms with Gasteiger partial charge in [-0.05, 0) is 17.7 Å². The molecule has 0 heterocycles. The Labute approximate surface area is 114 Å². The van der Waals surface area contributed by atoms with Crippen LogP contribution >= 0.6 is 0 Å². The van der Waals surface area contributed by atoms with Crippen molar-refractivity contribution in [3.05, 3.63) is 53.6 Å². The van der Waals surface area contributed by atoms with Crippen LogP contribution < -0.4 is 0 Å². The summed E-state index contributed by atoms with van der Waals surface area (Å²) in [6.45, 7) is 0.140. The number of hydrogen-bond acceptors (Lipinski definition) is 5. The molecule has 0 amide bonds. The average molecular weight is 278 g/mol. The molecule has 0 aliphatic rings. The lowest BCUT2D eigenvalue weighted by atomic mass is 10.2. The fourth-order valence-electron chi connectivity index (χ4n) is 1.31. The van der Waals surface area contributed by atoms with Crippen molar-refractivity contribution >= 4 is 5.97 Å². The summed E-state index contributed by atoms with van der Waals surface area (Å²) in [5.74, 6) is -3.33. The average Bonchev–Trinajstić information content (AvgIpc) is 2.45. The van der Waals surface area contributed by atoms with E-state index in [1.807, 2.05) is 30.3 Å². The number of aromatic hydroxyl groups is 3. The summed E-state index contributed by atoms with van der Waals surface area (Å²) < 4.78 is 0. The Morgan fingerprint density at radius 2 is 1.45 bits per heavy atom. The van der Waals surface area contributed by atoms with E-state index in [0.29, 0.717) is 0 Å². The van der Waals surface area contributed by atoms with Gasteiger partial charge in [-0.1, -0.05) is 30.3 Å². The van der Waals surface area contributed by atoms with Gasteiger partial charge in [-0.3, -0.25) is 0 Å². The predicted molar refractivity (Wildman–Crippen MR) is 70.8 cm³/mol. The molecule has 0 fully saturated rings. The molecule has 6 heteroatoms. The fraction of sp³-hybridized carbons (Fsp3) is 0.0714. The minimum Gasteiger partial charge on any atom is -0.504 e. The highest BCUT2D eigenvalue weighted by atomic mass is 16.4. The van der Waals surface area contributed by atoms with Gasteiger partial charge in [-0.25, -0.2) is 4.79 Å². The normalized spacial score (nSPS) is 9.45. The fourth-order valence-corrected chi connectivity index (χ4v) is 1.31. The quantitative estimate of drug-likeness (QED) is 0.533. The first kappa shape index (κ1) is 15.3. The third-order valence-corrected chi connectivity index (χ3v) is 2.34. The number of aliphatic hydroxyl groups excluding tert-OH is 1. The zero-order valence-corrected chi connectivity index (χ0v) is 10.4. The Morgan fingerprint density at radius 1 is 0.950 bits per heavy atom. The number of hydrogen-bond donors (Lipinski definition) is 5. The Bertz CT molecular complexity index is 556. The molecule has 0 bridgehead atoms. The molecule has 106 valence electrons. The highest BCUT2D eigenvalue weighted by molar-refractivity contribution is 5.89. The van der Waals surface area contributed by atoms with E-state index in [2.05, 4.69) is 0 Å². The molecule has 0 aliphatic heterocycles. The number of benzene rings is 2. The third-order valence-electron chi connectivity index (χ3n) is 2.34. The monoisotopic (exact) mass is 278 g/mol. The molecule has 20 heavy (non-hydrogen) atoms. The summed E-state index contributed by atoms with van der Waals surface area (Å²) in [5.41, 5.74) is 0.676. The molecule has 0 unspecified atom stereocenters. The lowest BCUT2D eigenvalue weighted by molar-refractivity contribution is 0.0696. The molecule has 0 radical (unpaired) electrons. The van der Waals surface area contributed by atoms with Gasteiger partial charge in [0.25, 0.3) is 0 Å². The largest absolute Gasteiger partial charge is 0.504 e. The van der Waals surface area contributed by atoms with Gasteiger partial charge in [0.05, 0.1) is 12.2 Å². The third kappa shape index (κ3) is 4.18. The number of phenols is 3. The summed E-state index contributed by atoms with van der Waals surface area (Å²) in [6, 6.07) is 11.2. The van der Waals surface area contributed by atoms with Crippen molar-refractivity contribution in [1.29, 1.82) is 0 Å². The lowest BCUT2D eigenvalue weighted by Crippen LogP contribution is -1.95. The van der Waals surface area contributed by atoms with Gasteiger partial charge in [-0.15, -0.1) is 0 Å². The summed E-state index contributed by atoms with van der Waals surface area (Å²) in [4.78, 5) is 10.3. The topological polar surface area (TPSA) is 118 Å². The van der Waals surface area contributed by atoms with E-state index < -0.39 is 23.2 Å². The second-order valence-electron chi connectivity index (χ2n) is 3.81. The molecule has 0 saturated carbocycles. The van der Waals surface area contributed by atoms with Crippen LogP contribution in [0.25, 0.3) is 0 Å². The van der Waals surface area contributed by atoms with E-state index >= 15 is 0 Å². The summed E-state index contributed by atoms with van der Waals surface area (Å²) in [5, 5.41) is 43.5. The van der Waals surface area contributed by atoms with Crippen molar-refractivity contribution < 1.29 is 30.3 Å². The molecule has 5 N–H and O–H groups in total. The highest BCUT2D eigenvalue weighted by Gasteiger charge is 2.11. The van der Waals surface area contributed by atoms with E-state index in [9.17, 15) is 4.79 Å². The molecule has 0 aromatic heterocycles. The second-order valence-corrected chi connectivity index (χ2v) is 3.81. The predicted octanol–water partition coefficient (Wildman–Crippen LogP) is 1.68. The Hall–Kier alpha value is -2.73. The van der Waals surface area contributed by atoms with Crippen molar-refractivity contribution in [2.45, 2.75) is 6.61 Å². The number of aliphatic hydroxyl groups is 1. The van der Waals surface area contributed by atoms with Crippen molar-refractivity contribution in [1.82, 2.24) is 0 Å². The number of carboxylic acid groups (broad SMARTS) is 1. The maximum atomic E-state index is 10.3. The minimum absolute atomic E-state index is 0.140. The molecule has 2 aromatic carbocycles. The SMILES string of the molecule is O=C(O)c1cc(O)c(O)c(O)c1.OCc1ccccc1. The zero-order valence-electron chi connectivity index (χ0n) is 10.4. The van der Waals surface area contributed by atoms with Crippen molar-refractivity contribution in [3.8, 4) is 17.2 Å². The maximum Gasteiger partial charge on any atom is 0.335 e. The van der Waals surface area contributed by atoms with Crippen LogP contribution in [-0.4, -0.2) is 31.5 Å². The standard InChI is InChI=1S/C7H6O5.C7H8O/c8-4-1-3(7(11)12)2-5(9)6(4)10;8-6-7-4-2-1-3-5-7/h1-2,8-10H,(H,11,12);1-5,8H,6H2. The van der Waals surface area contributed by atoms with E-state index in [1.54, 1.807) is 0 Å². The van der Waals surface area contributed by atoms with E-state index in [0.717, 1.165) is 17.7 Å². The van der Waals surface area contributed by atoms with Gasteiger partial charge in [0.15, 0.2) is 17.2 Å². The summed E-state index contributed by atoms with van der Waals surface area (Å²) in [7, 11) is 0. The Kier molecular flexibility index (Phi) is 5.37. The van der Waals surface area contributed by atoms with E-state index in [4.69, 9.17) is 25.5 Å². The van der Waals surface area contributed by atoms with E-state index in [1.165, 1.54) is 0 Å². The first-order valence-electron chi connectivity index (χ1n) is 5.58. The van der Waals surface area contributed by atoms with Gasteiger partial charge in [0.2, 0.25) is 0 Å². The smallest absolute Gasteiger partial charge is 0.335 e. The summed E-state index contributed by atoms with van der Waals surface area (Å²) >= 11 is 0. The van der Waals surface area contributed by atoms with Crippen LogP contribution in [0.4, 0.5) is 0 Å². The van der Waals surface area contributed by atoms with Crippen molar-refractivity contribution in [2.75, 3.05) is 0 Å². The van der Waals surface area contributed by atoms with Crippen LogP contribution in [0.5, 0.6) is 17.2 Å². The highest BCUT2D eigenvalue weighted by Crippen LogP contribution is 2.35. The summed E-state index contributed by atoms with van der Waals surface area (Å²) in [6.07, 6.45) is 0. The van der Waals surface area contributed by atoms with Crippen LogP contribution in [-0.2, 0) is 6.61 Å². The van der Waals surface area contributed by atoms with Crippen molar-refractivity contribution in [3.63, 3.8) is 0 Å². The molecule has 0 atom stereocenters. The number of carbonyl (C=O) groups is 1. The Balaban J connectivity index is 0.000000217. The second kappa shape index (κ2) is 7.01. The van der Waals surface area contributed by atoms with Crippen LogP contribution in [0.1, 0.15) is 15.9 Å². The molecule has 2 rings (SSSR count). The first-order valence-corrected chi connectivity index (χ1v) is 5.58. The minimum atomic E-state index is -1.29. The molecular formula is C14H14O6. The molecular weight excluding hydrogens is 264 g/mol. The van der Waals surface area contributed by atoms with Crippen molar-refractivity contribution in [2.24, 2.45) is 0 Å². The first-order chi connectivity index (χ1) is 9.45. The van der Waals surface area contributed by atoms with Crippen LogP contribution in [0.15, 0.2) is 42.5 Å². The molecule has 6 nitrogen and oxygen atoms in total. The van der Waals surface area contributed by atoms with Crippen LogP contribution in [0.2, 0.25) is 0 Å². The number of aromatic carboxylic acids is 1.